The number of fused-ring (bicyclic) bond motifs is 1. The van der Waals surface area contributed by atoms with Crippen LogP contribution in [0.15, 0.2) is 77.9 Å². The second-order valence-electron chi connectivity index (χ2n) is 10.6. The van der Waals surface area contributed by atoms with Crippen molar-refractivity contribution in [1.29, 1.82) is 0 Å². The van der Waals surface area contributed by atoms with Crippen LogP contribution in [-0.2, 0) is 13.1 Å². The largest absolute Gasteiger partial charge is 0.497 e. The third-order valence-electron chi connectivity index (χ3n) is 7.78. The van der Waals surface area contributed by atoms with Gasteiger partial charge in [-0.15, -0.1) is 5.10 Å². The van der Waals surface area contributed by atoms with Crippen LogP contribution in [0.1, 0.15) is 65.8 Å². The lowest BCUT2D eigenvalue weighted by molar-refractivity contribution is 0.190. The molecule has 204 valence electrons. The number of H-pyrrole nitrogens is 1. The van der Waals surface area contributed by atoms with Crippen LogP contribution in [-0.4, -0.2) is 42.2 Å². The van der Waals surface area contributed by atoms with Crippen LogP contribution in [0.4, 0.5) is 0 Å². The summed E-state index contributed by atoms with van der Waals surface area (Å²) >= 11 is 0. The van der Waals surface area contributed by atoms with Crippen LogP contribution < -0.4 is 10.3 Å². The van der Waals surface area contributed by atoms with E-state index in [1.54, 1.807) is 13.3 Å². The van der Waals surface area contributed by atoms with Gasteiger partial charge in [-0.25, -0.2) is 4.68 Å². The van der Waals surface area contributed by atoms with Crippen molar-refractivity contribution in [2.45, 2.75) is 57.8 Å². The number of ether oxygens (including phenoxy) is 1. The zero-order valence-corrected chi connectivity index (χ0v) is 22.8. The highest BCUT2D eigenvalue weighted by Gasteiger charge is 2.33. The molecule has 0 radical (unpaired) electrons. The van der Waals surface area contributed by atoms with Crippen molar-refractivity contribution in [2.75, 3.05) is 7.11 Å². The average molecular weight is 536 g/mol. The summed E-state index contributed by atoms with van der Waals surface area (Å²) in [5.41, 5.74) is 4.50. The molecular formula is C31H33N7O2. The molecule has 3 aromatic heterocycles. The van der Waals surface area contributed by atoms with Gasteiger partial charge in [0.05, 0.1) is 13.2 Å². The van der Waals surface area contributed by atoms with E-state index in [0.29, 0.717) is 24.5 Å². The Hall–Kier alpha value is -4.37. The topological polar surface area (TPSA) is 102 Å². The van der Waals surface area contributed by atoms with E-state index >= 15 is 0 Å². The predicted octanol–water partition coefficient (Wildman–Crippen LogP) is 5.13. The van der Waals surface area contributed by atoms with E-state index in [4.69, 9.17) is 4.74 Å². The Morgan fingerprint density at radius 1 is 1.05 bits per heavy atom. The van der Waals surface area contributed by atoms with Crippen molar-refractivity contribution in [2.24, 2.45) is 0 Å². The molecule has 1 aliphatic carbocycles. The first kappa shape index (κ1) is 25.9. The Morgan fingerprint density at radius 3 is 2.60 bits per heavy atom. The van der Waals surface area contributed by atoms with E-state index < -0.39 is 6.04 Å². The fourth-order valence-corrected chi connectivity index (χ4v) is 5.75. The van der Waals surface area contributed by atoms with Crippen LogP contribution in [0.2, 0.25) is 0 Å². The summed E-state index contributed by atoms with van der Waals surface area (Å²) < 4.78 is 7.35. The summed E-state index contributed by atoms with van der Waals surface area (Å²) in [6, 6.07) is 19.9. The summed E-state index contributed by atoms with van der Waals surface area (Å²) in [4.78, 5) is 23.6. The van der Waals surface area contributed by atoms with Gasteiger partial charge in [0, 0.05) is 36.6 Å². The number of pyridine rings is 2. The first-order chi connectivity index (χ1) is 19.6. The summed E-state index contributed by atoms with van der Waals surface area (Å²) in [6.07, 6.45) is 7.99. The Kier molecular flexibility index (Phi) is 7.37. The molecule has 5 aromatic rings. The first-order valence-corrected chi connectivity index (χ1v) is 13.8. The van der Waals surface area contributed by atoms with E-state index in [0.717, 1.165) is 59.0 Å². The van der Waals surface area contributed by atoms with E-state index in [1.165, 1.54) is 0 Å². The van der Waals surface area contributed by atoms with E-state index in [9.17, 15) is 4.79 Å². The Bertz CT molecular complexity index is 1640. The van der Waals surface area contributed by atoms with Crippen LogP contribution >= 0.6 is 0 Å². The number of aromatic nitrogens is 6. The lowest BCUT2D eigenvalue weighted by Gasteiger charge is -2.32. The summed E-state index contributed by atoms with van der Waals surface area (Å²) in [7, 11) is 1.66. The fraction of sp³-hybridized carbons (Fsp3) is 0.323. The van der Waals surface area contributed by atoms with Gasteiger partial charge in [-0.3, -0.25) is 14.7 Å². The highest BCUT2D eigenvalue weighted by atomic mass is 16.5. The minimum absolute atomic E-state index is 0.144. The first-order valence-electron chi connectivity index (χ1n) is 13.8. The molecule has 3 heterocycles. The highest BCUT2D eigenvalue weighted by Crippen LogP contribution is 2.35. The van der Waals surface area contributed by atoms with E-state index in [-0.39, 0.29) is 11.6 Å². The number of aromatic amines is 1. The third-order valence-corrected chi connectivity index (χ3v) is 7.78. The number of tetrazole rings is 1. The molecule has 40 heavy (non-hydrogen) atoms. The zero-order chi connectivity index (χ0) is 27.5. The van der Waals surface area contributed by atoms with Crippen molar-refractivity contribution in [1.82, 2.24) is 35.1 Å². The molecule has 1 fully saturated rings. The number of rotatable bonds is 9. The van der Waals surface area contributed by atoms with E-state index in [1.807, 2.05) is 48.1 Å². The summed E-state index contributed by atoms with van der Waals surface area (Å²) in [5.74, 6) is 1.48. The summed E-state index contributed by atoms with van der Waals surface area (Å²) in [6.45, 7) is 3.13. The van der Waals surface area contributed by atoms with Crippen LogP contribution in [0.3, 0.4) is 0 Å². The molecule has 6 rings (SSSR count). The molecule has 0 amide bonds. The van der Waals surface area contributed by atoms with Crippen molar-refractivity contribution < 1.29 is 4.74 Å². The number of hydrogen-bond acceptors (Lipinski definition) is 7. The lowest BCUT2D eigenvalue weighted by Crippen LogP contribution is -2.35. The summed E-state index contributed by atoms with van der Waals surface area (Å²) in [5, 5.41) is 14.1. The highest BCUT2D eigenvalue weighted by molar-refractivity contribution is 5.79. The number of methoxy groups -OCH3 is 1. The van der Waals surface area contributed by atoms with Gasteiger partial charge < -0.3 is 9.72 Å². The monoisotopic (exact) mass is 535 g/mol. The molecular weight excluding hydrogens is 502 g/mol. The van der Waals surface area contributed by atoms with Gasteiger partial charge in [0.1, 0.15) is 11.8 Å². The van der Waals surface area contributed by atoms with Gasteiger partial charge in [0.15, 0.2) is 5.82 Å². The number of hydrogen-bond donors (Lipinski definition) is 1. The Morgan fingerprint density at radius 2 is 1.85 bits per heavy atom. The van der Waals surface area contributed by atoms with Crippen molar-refractivity contribution in [3.63, 3.8) is 0 Å². The van der Waals surface area contributed by atoms with E-state index in [2.05, 4.69) is 60.7 Å². The second kappa shape index (κ2) is 11.4. The minimum Gasteiger partial charge on any atom is -0.497 e. The molecule has 2 aromatic carbocycles. The number of nitrogens with one attached hydrogen (secondary N) is 1. The normalized spacial score (nSPS) is 14.7. The predicted molar refractivity (Wildman–Crippen MR) is 153 cm³/mol. The van der Waals surface area contributed by atoms with Crippen molar-refractivity contribution in [3.05, 3.63) is 111 Å². The van der Waals surface area contributed by atoms with Gasteiger partial charge in [0.2, 0.25) is 0 Å². The van der Waals surface area contributed by atoms with Crippen LogP contribution in [0, 0.1) is 6.92 Å². The van der Waals surface area contributed by atoms with Gasteiger partial charge in [0.25, 0.3) is 5.56 Å². The molecule has 1 atom stereocenters. The average Bonchev–Trinajstić information content (AvgIpc) is 3.67. The molecule has 1 saturated carbocycles. The van der Waals surface area contributed by atoms with Gasteiger partial charge in [-0.1, -0.05) is 43.2 Å². The number of benzene rings is 2. The number of aryl methyl sites for hydroxylation is 1. The molecule has 1 aliphatic rings. The van der Waals surface area contributed by atoms with Crippen molar-refractivity contribution in [3.8, 4) is 5.75 Å². The van der Waals surface area contributed by atoms with Gasteiger partial charge in [-0.2, -0.15) is 0 Å². The van der Waals surface area contributed by atoms with Crippen LogP contribution in [0.5, 0.6) is 5.75 Å². The lowest BCUT2D eigenvalue weighted by atomic mass is 10.0. The number of nitrogens with zero attached hydrogens (tertiary/aromatic N) is 6. The molecule has 9 nitrogen and oxygen atoms in total. The maximum absolute atomic E-state index is 13.8. The maximum Gasteiger partial charge on any atom is 0.253 e. The molecule has 0 bridgehead atoms. The zero-order valence-electron chi connectivity index (χ0n) is 22.8. The maximum atomic E-state index is 13.8. The van der Waals surface area contributed by atoms with Gasteiger partial charge >= 0.3 is 0 Å². The Balaban J connectivity index is 1.52. The minimum atomic E-state index is -0.493. The smallest absolute Gasteiger partial charge is 0.253 e. The third kappa shape index (κ3) is 5.37. The molecule has 0 saturated heterocycles. The Labute approximate surface area is 232 Å². The quantitative estimate of drug-likeness (QED) is 0.279. The molecule has 0 unspecified atom stereocenters. The van der Waals surface area contributed by atoms with Crippen LogP contribution in [0.25, 0.3) is 10.9 Å². The molecule has 9 heteroatoms. The molecule has 0 spiro atoms. The standard InChI is InChI=1S/C31H33N7O2/c1-21-9-12-24-17-27(31(39)33-28(24)16-21)29(30-34-35-36-38(30)25-7-3-4-8-25)37(20-23-6-5-15-32-18-23)19-22-10-13-26(40-2)14-11-22/h5-6,9-18,25,29H,3-4,7-8,19-20H2,1-2H3,(H,33,39)/t29-/m0/s1. The second-order valence-corrected chi connectivity index (χ2v) is 10.6. The van der Waals surface area contributed by atoms with Crippen molar-refractivity contribution >= 4 is 10.9 Å². The fourth-order valence-electron chi connectivity index (χ4n) is 5.75. The van der Waals surface area contributed by atoms with Gasteiger partial charge in [-0.05, 0) is 82.6 Å². The molecule has 0 aliphatic heterocycles. The SMILES string of the molecule is COc1ccc(CN(Cc2cccnc2)[C@@H](c2cc3ccc(C)cc3[nH]c2=O)c2nnnn2C2CCCC2)cc1. The molecule has 1 N–H and O–H groups in total.